The monoisotopic (exact) mass is 308 g/mol. The summed E-state index contributed by atoms with van der Waals surface area (Å²) in [5.74, 6) is -0.515. The van der Waals surface area contributed by atoms with Crippen LogP contribution >= 0.6 is 24.0 Å². The van der Waals surface area contributed by atoms with Crippen LogP contribution in [-0.2, 0) is 0 Å². The lowest BCUT2D eigenvalue weighted by molar-refractivity contribution is 0.0977. The lowest BCUT2D eigenvalue weighted by atomic mass is 10.1. The molecule has 4 nitrogen and oxygen atoms in total. The minimum absolute atomic E-state index is 0. The topological polar surface area (TPSA) is 69.1 Å². The zero-order chi connectivity index (χ0) is 13.4. The molecule has 1 aromatic carbocycles. The molecule has 0 bridgehead atoms. The number of hydrogen-bond acceptors (Lipinski definition) is 3. The minimum Gasteiger partial charge on any atom is -0.450 e. The van der Waals surface area contributed by atoms with Crippen LogP contribution in [0.25, 0.3) is 22.2 Å². The maximum Gasteiger partial charge on any atom is 0.285 e. The van der Waals surface area contributed by atoms with Crippen LogP contribution in [0.15, 0.2) is 47.0 Å². The van der Waals surface area contributed by atoms with Gasteiger partial charge in [0.2, 0.25) is 5.76 Å². The first-order valence-corrected chi connectivity index (χ1v) is 5.98. The molecule has 0 atom stereocenters. The molecular formula is C14H10Cl2N2O2. The highest BCUT2D eigenvalue weighted by Crippen LogP contribution is 2.33. The molecule has 102 valence electrons. The SMILES string of the molecule is Cl.NC(=O)c1oc2ccccc2c1-c1ccc(Cl)cn1. The van der Waals surface area contributed by atoms with Gasteiger partial charge in [0.25, 0.3) is 5.91 Å². The molecule has 2 aromatic heterocycles. The van der Waals surface area contributed by atoms with Crippen molar-refractivity contribution in [1.29, 1.82) is 0 Å². The number of primary amides is 1. The van der Waals surface area contributed by atoms with E-state index in [4.69, 9.17) is 21.8 Å². The Bertz CT molecular complexity index is 766. The van der Waals surface area contributed by atoms with E-state index in [9.17, 15) is 4.79 Å². The Labute approximate surface area is 126 Å². The Balaban J connectivity index is 0.00000147. The van der Waals surface area contributed by atoms with E-state index in [2.05, 4.69) is 4.98 Å². The fourth-order valence-corrected chi connectivity index (χ4v) is 2.11. The van der Waals surface area contributed by atoms with Gasteiger partial charge >= 0.3 is 0 Å². The second-order valence-corrected chi connectivity index (χ2v) is 4.46. The molecular weight excluding hydrogens is 299 g/mol. The summed E-state index contributed by atoms with van der Waals surface area (Å²) in [5, 5.41) is 1.32. The highest BCUT2D eigenvalue weighted by molar-refractivity contribution is 6.30. The predicted octanol–water partition coefficient (Wildman–Crippen LogP) is 3.67. The van der Waals surface area contributed by atoms with Gasteiger partial charge in [-0.1, -0.05) is 29.8 Å². The molecule has 0 unspecified atom stereocenters. The molecule has 3 rings (SSSR count). The van der Waals surface area contributed by atoms with Crippen molar-refractivity contribution in [2.45, 2.75) is 0 Å². The first kappa shape index (κ1) is 14.4. The molecule has 0 saturated heterocycles. The van der Waals surface area contributed by atoms with Crippen LogP contribution in [0.1, 0.15) is 10.6 Å². The first-order chi connectivity index (χ1) is 9.16. The van der Waals surface area contributed by atoms with Crippen molar-refractivity contribution < 1.29 is 9.21 Å². The number of hydrogen-bond donors (Lipinski definition) is 1. The zero-order valence-corrected chi connectivity index (χ0v) is 11.7. The smallest absolute Gasteiger partial charge is 0.285 e. The van der Waals surface area contributed by atoms with Gasteiger partial charge in [-0.2, -0.15) is 0 Å². The molecule has 0 aliphatic carbocycles. The number of amides is 1. The third kappa shape index (κ3) is 2.35. The average Bonchev–Trinajstić information content (AvgIpc) is 2.79. The number of carbonyl (C=O) groups is 1. The van der Waals surface area contributed by atoms with Crippen molar-refractivity contribution in [1.82, 2.24) is 4.98 Å². The lowest BCUT2D eigenvalue weighted by Crippen LogP contribution is -2.11. The van der Waals surface area contributed by atoms with Gasteiger partial charge in [0, 0.05) is 11.6 Å². The van der Waals surface area contributed by atoms with Crippen LogP contribution in [-0.4, -0.2) is 10.9 Å². The highest BCUT2D eigenvalue weighted by Gasteiger charge is 2.20. The number of fused-ring (bicyclic) bond motifs is 1. The standard InChI is InChI=1S/C14H9ClN2O2.ClH/c15-8-5-6-10(17-7-8)12-9-3-1-2-4-11(9)19-13(12)14(16)18;/h1-7H,(H2,16,18);1H. The third-order valence-electron chi connectivity index (χ3n) is 2.80. The summed E-state index contributed by atoms with van der Waals surface area (Å²) in [6.45, 7) is 0. The number of rotatable bonds is 2. The average molecular weight is 309 g/mol. The molecule has 0 aliphatic heterocycles. The van der Waals surface area contributed by atoms with E-state index in [0.717, 1.165) is 5.39 Å². The van der Waals surface area contributed by atoms with Crippen LogP contribution in [0.4, 0.5) is 0 Å². The fraction of sp³-hybridized carbons (Fsp3) is 0. The van der Waals surface area contributed by atoms with Gasteiger partial charge in [0.1, 0.15) is 5.58 Å². The maximum atomic E-state index is 11.5. The Hall–Kier alpha value is -2.04. The number of nitrogens with zero attached hydrogens (tertiary/aromatic N) is 1. The van der Waals surface area contributed by atoms with Crippen molar-refractivity contribution in [3.8, 4) is 11.3 Å². The number of carbonyl (C=O) groups excluding carboxylic acids is 1. The van der Waals surface area contributed by atoms with E-state index in [0.29, 0.717) is 21.9 Å². The van der Waals surface area contributed by atoms with E-state index in [1.165, 1.54) is 6.20 Å². The Morgan fingerprint density at radius 1 is 1.20 bits per heavy atom. The molecule has 0 aliphatic rings. The highest BCUT2D eigenvalue weighted by atomic mass is 35.5. The zero-order valence-electron chi connectivity index (χ0n) is 10.2. The number of halogens is 2. The molecule has 0 radical (unpaired) electrons. The van der Waals surface area contributed by atoms with Crippen LogP contribution in [0.5, 0.6) is 0 Å². The molecule has 3 aromatic rings. The summed E-state index contributed by atoms with van der Waals surface area (Å²) in [6.07, 6.45) is 1.52. The van der Waals surface area contributed by atoms with E-state index >= 15 is 0 Å². The fourth-order valence-electron chi connectivity index (χ4n) is 2.00. The van der Waals surface area contributed by atoms with Gasteiger partial charge in [-0.15, -0.1) is 12.4 Å². The Morgan fingerprint density at radius 2 is 1.95 bits per heavy atom. The van der Waals surface area contributed by atoms with E-state index in [-0.39, 0.29) is 18.2 Å². The molecule has 0 spiro atoms. The molecule has 0 fully saturated rings. The normalized spacial score (nSPS) is 10.2. The van der Waals surface area contributed by atoms with Crippen LogP contribution in [0.3, 0.4) is 0 Å². The van der Waals surface area contributed by atoms with Gasteiger partial charge in [-0.25, -0.2) is 0 Å². The van der Waals surface area contributed by atoms with Crippen LogP contribution < -0.4 is 5.73 Å². The molecule has 20 heavy (non-hydrogen) atoms. The second kappa shape index (κ2) is 5.53. The van der Waals surface area contributed by atoms with Crippen molar-refractivity contribution >= 4 is 40.9 Å². The van der Waals surface area contributed by atoms with Crippen LogP contribution in [0, 0.1) is 0 Å². The van der Waals surface area contributed by atoms with Crippen molar-refractivity contribution in [2.24, 2.45) is 5.73 Å². The van der Waals surface area contributed by atoms with Gasteiger partial charge in [-0.3, -0.25) is 9.78 Å². The molecule has 2 heterocycles. The first-order valence-electron chi connectivity index (χ1n) is 5.60. The summed E-state index contributed by atoms with van der Waals surface area (Å²) in [7, 11) is 0. The number of aromatic nitrogens is 1. The molecule has 2 N–H and O–H groups in total. The number of furan rings is 1. The number of para-hydroxylation sites is 1. The summed E-state index contributed by atoms with van der Waals surface area (Å²) in [4.78, 5) is 15.7. The Kier molecular flexibility index (Phi) is 3.97. The van der Waals surface area contributed by atoms with Gasteiger partial charge in [-0.05, 0) is 18.2 Å². The summed E-state index contributed by atoms with van der Waals surface area (Å²) in [6, 6.07) is 10.8. The quantitative estimate of drug-likeness (QED) is 0.785. The Morgan fingerprint density at radius 3 is 2.60 bits per heavy atom. The van der Waals surface area contributed by atoms with Crippen molar-refractivity contribution in [2.75, 3.05) is 0 Å². The maximum absolute atomic E-state index is 11.5. The van der Waals surface area contributed by atoms with Gasteiger partial charge < -0.3 is 10.2 Å². The van der Waals surface area contributed by atoms with Gasteiger partial charge in [0.05, 0.1) is 16.3 Å². The van der Waals surface area contributed by atoms with Crippen LogP contribution in [0.2, 0.25) is 5.02 Å². The molecule has 6 heteroatoms. The third-order valence-corrected chi connectivity index (χ3v) is 3.03. The second-order valence-electron chi connectivity index (χ2n) is 4.03. The van der Waals surface area contributed by atoms with E-state index in [1.807, 2.05) is 18.2 Å². The van der Waals surface area contributed by atoms with Crippen molar-refractivity contribution in [3.63, 3.8) is 0 Å². The number of benzene rings is 1. The summed E-state index contributed by atoms with van der Waals surface area (Å²) in [5.41, 5.74) is 7.16. The molecule has 0 saturated carbocycles. The van der Waals surface area contributed by atoms with E-state index < -0.39 is 5.91 Å². The molecule has 1 amide bonds. The lowest BCUT2D eigenvalue weighted by Gasteiger charge is -2.00. The summed E-state index contributed by atoms with van der Waals surface area (Å²) < 4.78 is 5.50. The van der Waals surface area contributed by atoms with E-state index in [1.54, 1.807) is 18.2 Å². The number of pyridine rings is 1. The largest absolute Gasteiger partial charge is 0.450 e. The van der Waals surface area contributed by atoms with Crippen molar-refractivity contribution in [3.05, 3.63) is 53.4 Å². The summed E-state index contributed by atoms with van der Waals surface area (Å²) >= 11 is 5.82. The minimum atomic E-state index is -0.622. The number of nitrogens with two attached hydrogens (primary N) is 1. The predicted molar refractivity (Wildman–Crippen MR) is 80.2 cm³/mol. The van der Waals surface area contributed by atoms with Gasteiger partial charge in [0.15, 0.2) is 0 Å².